The van der Waals surface area contributed by atoms with E-state index in [1.807, 2.05) is 19.1 Å². The molecule has 0 bridgehead atoms. The first-order valence-corrected chi connectivity index (χ1v) is 10.4. The van der Waals surface area contributed by atoms with E-state index in [1.165, 1.54) is 0 Å². The summed E-state index contributed by atoms with van der Waals surface area (Å²) in [5, 5.41) is 8.67. The van der Waals surface area contributed by atoms with E-state index in [9.17, 15) is 9.59 Å². The Labute approximate surface area is 186 Å². The third kappa shape index (κ3) is 7.17. The molecule has 0 aliphatic rings. The minimum Gasteiger partial charge on any atom is -0.489 e. The summed E-state index contributed by atoms with van der Waals surface area (Å²) in [7, 11) is 0. The molecule has 168 valence electrons. The minimum absolute atomic E-state index is 0.0325. The fourth-order valence-electron chi connectivity index (χ4n) is 2.88. The Morgan fingerprint density at radius 3 is 2.69 bits per heavy atom. The first-order valence-electron chi connectivity index (χ1n) is 10.4. The Morgan fingerprint density at radius 1 is 1.00 bits per heavy atom. The molecule has 3 N–H and O–H groups in total. The van der Waals surface area contributed by atoms with Gasteiger partial charge in [-0.2, -0.15) is 0 Å². The Morgan fingerprint density at radius 2 is 1.88 bits per heavy atom. The molecule has 0 aliphatic carbocycles. The van der Waals surface area contributed by atoms with Crippen LogP contribution in [0.3, 0.4) is 0 Å². The third-order valence-corrected chi connectivity index (χ3v) is 4.43. The average Bonchev–Trinajstić information content (AvgIpc) is 3.34. The number of ether oxygens (including phenoxy) is 2. The van der Waals surface area contributed by atoms with Crippen molar-refractivity contribution in [2.45, 2.75) is 13.5 Å². The Hall–Kier alpha value is -3.78. The fourth-order valence-corrected chi connectivity index (χ4v) is 2.88. The number of carbonyl (C=O) groups excluding carboxylic acids is 2. The molecule has 0 unspecified atom stereocenters. The zero-order chi connectivity index (χ0) is 22.6. The van der Waals surface area contributed by atoms with E-state index in [-0.39, 0.29) is 18.4 Å². The summed E-state index contributed by atoms with van der Waals surface area (Å²) in [6.45, 7) is 3.76. The Balaban J connectivity index is 1.50. The highest BCUT2D eigenvalue weighted by atomic mass is 16.5. The molecule has 8 heteroatoms. The van der Waals surface area contributed by atoms with Crippen LogP contribution in [-0.4, -0.2) is 38.2 Å². The number of rotatable bonds is 12. The van der Waals surface area contributed by atoms with Gasteiger partial charge in [0.25, 0.3) is 5.91 Å². The second-order valence-electron chi connectivity index (χ2n) is 6.79. The van der Waals surface area contributed by atoms with Crippen molar-refractivity contribution in [3.63, 3.8) is 0 Å². The molecule has 1 heterocycles. The molecule has 32 heavy (non-hydrogen) atoms. The Kier molecular flexibility index (Phi) is 8.70. The third-order valence-electron chi connectivity index (χ3n) is 4.43. The number of hydrogen-bond acceptors (Lipinski definition) is 6. The minimum atomic E-state index is -0.237. The number of anilines is 2. The highest BCUT2D eigenvalue weighted by Gasteiger charge is 2.10. The van der Waals surface area contributed by atoms with Crippen molar-refractivity contribution in [1.29, 1.82) is 0 Å². The van der Waals surface area contributed by atoms with E-state index in [2.05, 4.69) is 16.0 Å². The highest BCUT2D eigenvalue weighted by Crippen LogP contribution is 2.23. The van der Waals surface area contributed by atoms with E-state index >= 15 is 0 Å². The van der Waals surface area contributed by atoms with Crippen LogP contribution >= 0.6 is 0 Å². The maximum atomic E-state index is 12.4. The van der Waals surface area contributed by atoms with Gasteiger partial charge < -0.3 is 29.8 Å². The van der Waals surface area contributed by atoms with Gasteiger partial charge in [-0.05, 0) is 49.4 Å². The van der Waals surface area contributed by atoms with E-state index in [0.29, 0.717) is 54.8 Å². The van der Waals surface area contributed by atoms with Crippen LogP contribution in [0.25, 0.3) is 0 Å². The molecule has 0 atom stereocenters. The molecular formula is C24H27N3O5. The number of nitrogens with one attached hydrogen (secondary N) is 3. The van der Waals surface area contributed by atoms with E-state index in [0.717, 1.165) is 0 Å². The van der Waals surface area contributed by atoms with Gasteiger partial charge >= 0.3 is 0 Å². The van der Waals surface area contributed by atoms with Crippen molar-refractivity contribution in [2.75, 3.05) is 37.0 Å². The molecule has 0 spiro atoms. The molecule has 3 rings (SSSR count). The van der Waals surface area contributed by atoms with Crippen molar-refractivity contribution in [2.24, 2.45) is 0 Å². The number of para-hydroxylation sites is 2. The van der Waals surface area contributed by atoms with Crippen LogP contribution in [-0.2, 0) is 16.1 Å². The summed E-state index contributed by atoms with van der Waals surface area (Å²) >= 11 is 0. The maximum Gasteiger partial charge on any atom is 0.251 e. The van der Waals surface area contributed by atoms with Crippen LogP contribution in [0.5, 0.6) is 5.75 Å². The highest BCUT2D eigenvalue weighted by molar-refractivity contribution is 5.96. The van der Waals surface area contributed by atoms with Crippen molar-refractivity contribution in [3.05, 3.63) is 78.3 Å². The van der Waals surface area contributed by atoms with Crippen LogP contribution in [0.4, 0.5) is 11.4 Å². The van der Waals surface area contributed by atoms with Gasteiger partial charge in [-0.15, -0.1) is 0 Å². The van der Waals surface area contributed by atoms with Crippen LogP contribution in [0, 0.1) is 0 Å². The fraction of sp³-hybridized carbons (Fsp3) is 0.250. The standard InChI is InChI=1S/C24H27N3O5/c1-2-30-13-14-32-22-11-4-3-10-21(22)27-23(28)17-25-19-8-5-7-18(15-19)24(29)26-16-20-9-6-12-31-20/h3-12,15,25H,2,13-14,16-17H2,1H3,(H,26,29)(H,27,28). The molecule has 0 saturated heterocycles. The molecule has 0 fully saturated rings. The molecule has 0 radical (unpaired) electrons. The molecule has 2 aromatic carbocycles. The second-order valence-corrected chi connectivity index (χ2v) is 6.79. The van der Waals surface area contributed by atoms with Crippen molar-refractivity contribution in [3.8, 4) is 5.75 Å². The van der Waals surface area contributed by atoms with E-state index < -0.39 is 0 Å². The van der Waals surface area contributed by atoms with Gasteiger partial charge in [0, 0.05) is 17.9 Å². The lowest BCUT2D eigenvalue weighted by Gasteiger charge is -2.13. The molecule has 1 aromatic heterocycles. The van der Waals surface area contributed by atoms with Gasteiger partial charge in [-0.3, -0.25) is 9.59 Å². The number of benzene rings is 2. The van der Waals surface area contributed by atoms with Crippen molar-refractivity contribution in [1.82, 2.24) is 5.32 Å². The summed E-state index contributed by atoms with van der Waals surface area (Å²) in [5.41, 5.74) is 1.73. The number of amides is 2. The van der Waals surface area contributed by atoms with Gasteiger partial charge in [0.2, 0.25) is 5.91 Å². The largest absolute Gasteiger partial charge is 0.489 e. The quantitative estimate of drug-likeness (QED) is 0.374. The SMILES string of the molecule is CCOCCOc1ccccc1NC(=O)CNc1cccc(C(=O)NCc2ccco2)c1. The first kappa shape index (κ1) is 22.9. The number of carbonyl (C=O) groups is 2. The lowest BCUT2D eigenvalue weighted by atomic mass is 10.2. The second kappa shape index (κ2) is 12.2. The average molecular weight is 437 g/mol. The smallest absolute Gasteiger partial charge is 0.251 e. The van der Waals surface area contributed by atoms with Crippen molar-refractivity contribution >= 4 is 23.2 Å². The normalized spacial score (nSPS) is 10.4. The molecular weight excluding hydrogens is 410 g/mol. The number of hydrogen-bond donors (Lipinski definition) is 3. The van der Waals surface area contributed by atoms with Gasteiger partial charge in [0.15, 0.2) is 0 Å². The first-order chi connectivity index (χ1) is 15.7. The van der Waals surface area contributed by atoms with Crippen LogP contribution in [0.15, 0.2) is 71.3 Å². The summed E-state index contributed by atoms with van der Waals surface area (Å²) < 4.78 is 16.2. The van der Waals surface area contributed by atoms with Gasteiger partial charge in [0.05, 0.1) is 31.6 Å². The zero-order valence-corrected chi connectivity index (χ0v) is 17.9. The monoisotopic (exact) mass is 437 g/mol. The lowest BCUT2D eigenvalue weighted by Crippen LogP contribution is -2.24. The maximum absolute atomic E-state index is 12.4. The molecule has 3 aromatic rings. The summed E-state index contributed by atoms with van der Waals surface area (Å²) in [6.07, 6.45) is 1.56. The number of furan rings is 1. The molecule has 0 aliphatic heterocycles. The van der Waals surface area contributed by atoms with Crippen molar-refractivity contribution < 1.29 is 23.5 Å². The van der Waals surface area contributed by atoms with Crippen LogP contribution in [0.2, 0.25) is 0 Å². The lowest BCUT2D eigenvalue weighted by molar-refractivity contribution is -0.114. The van der Waals surface area contributed by atoms with Crippen LogP contribution < -0.4 is 20.7 Å². The molecule has 2 amide bonds. The van der Waals surface area contributed by atoms with E-state index in [4.69, 9.17) is 13.9 Å². The molecule has 0 saturated carbocycles. The topological polar surface area (TPSA) is 102 Å². The summed E-state index contributed by atoms with van der Waals surface area (Å²) in [6, 6.07) is 17.7. The van der Waals surface area contributed by atoms with Gasteiger partial charge in [0.1, 0.15) is 18.1 Å². The van der Waals surface area contributed by atoms with Gasteiger partial charge in [-0.25, -0.2) is 0 Å². The van der Waals surface area contributed by atoms with Crippen LogP contribution in [0.1, 0.15) is 23.0 Å². The predicted octanol–water partition coefficient (Wildman–Crippen LogP) is 3.68. The zero-order valence-electron chi connectivity index (χ0n) is 17.9. The summed E-state index contributed by atoms with van der Waals surface area (Å²) in [4.78, 5) is 24.8. The molecule has 8 nitrogen and oxygen atoms in total. The predicted molar refractivity (Wildman–Crippen MR) is 122 cm³/mol. The summed E-state index contributed by atoms with van der Waals surface area (Å²) in [5.74, 6) is 0.786. The Bertz CT molecular complexity index is 1000. The van der Waals surface area contributed by atoms with E-state index in [1.54, 1.807) is 54.8 Å². The van der Waals surface area contributed by atoms with Gasteiger partial charge in [-0.1, -0.05) is 18.2 Å².